The molecule has 0 bridgehead atoms. The number of anilines is 1. The van der Waals surface area contributed by atoms with Crippen LogP contribution < -0.4 is 10.6 Å². The van der Waals surface area contributed by atoms with Crippen molar-refractivity contribution in [1.29, 1.82) is 0 Å². The maximum absolute atomic E-state index is 12.8. The molecule has 0 aromatic heterocycles. The number of nitrogens with two attached hydrogens (primary N) is 1. The van der Waals surface area contributed by atoms with Crippen molar-refractivity contribution in [2.45, 2.75) is 38.5 Å². The molecule has 1 heterocycles. The lowest BCUT2D eigenvalue weighted by molar-refractivity contribution is -0.123. The Morgan fingerprint density at radius 2 is 1.95 bits per heavy atom. The first-order valence-electron chi connectivity index (χ1n) is 7.89. The molecule has 0 saturated heterocycles. The second kappa shape index (κ2) is 5.96. The number of rotatable bonds is 2. The highest BCUT2D eigenvalue weighted by atomic mass is 16.2. The maximum atomic E-state index is 12.8. The van der Waals surface area contributed by atoms with Crippen LogP contribution in [0, 0.1) is 11.8 Å². The molecule has 3 rings (SSSR count). The molecule has 1 aliphatic heterocycles. The highest BCUT2D eigenvalue weighted by Crippen LogP contribution is 2.33. The number of para-hydroxylation sites is 1. The first-order chi connectivity index (χ1) is 9.79. The lowest BCUT2D eigenvalue weighted by atomic mass is 9.81. The van der Waals surface area contributed by atoms with Crippen molar-refractivity contribution in [2.24, 2.45) is 17.6 Å². The average Bonchev–Trinajstić information content (AvgIpc) is 2.54. The summed E-state index contributed by atoms with van der Waals surface area (Å²) in [5.41, 5.74) is 8.20. The van der Waals surface area contributed by atoms with E-state index in [1.54, 1.807) is 0 Å². The van der Waals surface area contributed by atoms with E-state index in [9.17, 15) is 4.79 Å². The zero-order valence-electron chi connectivity index (χ0n) is 12.1. The van der Waals surface area contributed by atoms with Crippen LogP contribution in [0.2, 0.25) is 0 Å². The molecule has 1 aromatic carbocycles. The minimum atomic E-state index is 0.212. The van der Waals surface area contributed by atoms with Crippen molar-refractivity contribution in [3.05, 3.63) is 29.8 Å². The molecule has 1 amide bonds. The average molecular weight is 272 g/mol. The zero-order valence-corrected chi connectivity index (χ0v) is 12.1. The second-order valence-electron chi connectivity index (χ2n) is 6.18. The van der Waals surface area contributed by atoms with Crippen molar-refractivity contribution in [1.82, 2.24) is 0 Å². The largest absolute Gasteiger partial charge is 0.330 e. The van der Waals surface area contributed by atoms with Gasteiger partial charge in [-0.1, -0.05) is 18.2 Å². The van der Waals surface area contributed by atoms with Crippen molar-refractivity contribution in [2.75, 3.05) is 18.0 Å². The number of aryl methyl sites for hydroxylation is 1. The van der Waals surface area contributed by atoms with E-state index in [1.807, 2.05) is 11.0 Å². The zero-order chi connectivity index (χ0) is 13.9. The number of fused-ring (bicyclic) bond motifs is 1. The summed E-state index contributed by atoms with van der Waals surface area (Å²) in [5, 5.41) is 0. The van der Waals surface area contributed by atoms with Gasteiger partial charge in [-0.3, -0.25) is 4.79 Å². The Bertz CT molecular complexity index is 478. The molecule has 1 fully saturated rings. The van der Waals surface area contributed by atoms with E-state index in [2.05, 4.69) is 18.2 Å². The highest BCUT2D eigenvalue weighted by Gasteiger charge is 2.31. The summed E-state index contributed by atoms with van der Waals surface area (Å²) < 4.78 is 0. The van der Waals surface area contributed by atoms with Crippen LogP contribution in [0.4, 0.5) is 5.69 Å². The normalized spacial score (nSPS) is 26.1. The third-order valence-electron chi connectivity index (χ3n) is 4.91. The fraction of sp³-hybridized carbons (Fsp3) is 0.588. The van der Waals surface area contributed by atoms with E-state index >= 15 is 0 Å². The van der Waals surface area contributed by atoms with E-state index in [0.29, 0.717) is 11.8 Å². The smallest absolute Gasteiger partial charge is 0.230 e. The summed E-state index contributed by atoms with van der Waals surface area (Å²) in [6.45, 7) is 1.65. The second-order valence-corrected chi connectivity index (χ2v) is 6.18. The first-order valence-corrected chi connectivity index (χ1v) is 7.89. The Kier molecular flexibility index (Phi) is 4.06. The third kappa shape index (κ3) is 2.59. The fourth-order valence-electron chi connectivity index (χ4n) is 3.63. The van der Waals surface area contributed by atoms with Gasteiger partial charge in [-0.05, 0) is 62.6 Å². The molecule has 1 saturated carbocycles. The van der Waals surface area contributed by atoms with Gasteiger partial charge < -0.3 is 10.6 Å². The van der Waals surface area contributed by atoms with Gasteiger partial charge in [0.25, 0.3) is 0 Å². The molecule has 0 atom stereocenters. The fourth-order valence-corrected chi connectivity index (χ4v) is 3.63. The first kappa shape index (κ1) is 13.6. The molecule has 0 radical (unpaired) electrons. The van der Waals surface area contributed by atoms with Gasteiger partial charge in [0.1, 0.15) is 0 Å². The van der Waals surface area contributed by atoms with Gasteiger partial charge in [-0.15, -0.1) is 0 Å². The lowest BCUT2D eigenvalue weighted by Crippen LogP contribution is -2.41. The Balaban J connectivity index is 1.72. The summed E-state index contributed by atoms with van der Waals surface area (Å²) in [5.74, 6) is 1.18. The summed E-state index contributed by atoms with van der Waals surface area (Å²) in [4.78, 5) is 14.8. The number of nitrogens with zero attached hydrogens (tertiary/aromatic N) is 1. The Morgan fingerprint density at radius 3 is 2.70 bits per heavy atom. The highest BCUT2D eigenvalue weighted by molar-refractivity contribution is 5.96. The van der Waals surface area contributed by atoms with E-state index in [-0.39, 0.29) is 5.92 Å². The SMILES string of the molecule is NCC1CCC(C(=O)N2CCCc3ccccc32)CC1. The van der Waals surface area contributed by atoms with Crippen LogP contribution in [0.25, 0.3) is 0 Å². The molecule has 3 nitrogen and oxygen atoms in total. The van der Waals surface area contributed by atoms with E-state index in [1.165, 1.54) is 5.56 Å². The lowest BCUT2D eigenvalue weighted by Gasteiger charge is -2.35. The Hall–Kier alpha value is -1.35. The Morgan fingerprint density at radius 1 is 1.20 bits per heavy atom. The third-order valence-corrected chi connectivity index (χ3v) is 4.91. The molecule has 1 aromatic rings. The molecule has 2 aliphatic rings. The molecular weight excluding hydrogens is 248 g/mol. The van der Waals surface area contributed by atoms with Crippen molar-refractivity contribution in [3.63, 3.8) is 0 Å². The van der Waals surface area contributed by atoms with Crippen LogP contribution in [-0.4, -0.2) is 19.0 Å². The molecule has 108 valence electrons. The summed E-state index contributed by atoms with van der Waals surface area (Å²) in [7, 11) is 0. The maximum Gasteiger partial charge on any atom is 0.230 e. The van der Waals surface area contributed by atoms with Crippen molar-refractivity contribution >= 4 is 11.6 Å². The number of carbonyl (C=O) groups is 1. The predicted molar refractivity (Wildman–Crippen MR) is 81.6 cm³/mol. The minimum Gasteiger partial charge on any atom is -0.330 e. The number of benzene rings is 1. The van der Waals surface area contributed by atoms with Crippen LogP contribution in [-0.2, 0) is 11.2 Å². The topological polar surface area (TPSA) is 46.3 Å². The molecule has 20 heavy (non-hydrogen) atoms. The van der Waals surface area contributed by atoms with Gasteiger partial charge in [0.05, 0.1) is 0 Å². The Labute approximate surface area is 121 Å². The molecular formula is C17H24N2O. The quantitative estimate of drug-likeness (QED) is 0.900. The van der Waals surface area contributed by atoms with Gasteiger partial charge in [-0.25, -0.2) is 0 Å². The number of carbonyl (C=O) groups excluding carboxylic acids is 1. The monoisotopic (exact) mass is 272 g/mol. The number of amides is 1. The van der Waals surface area contributed by atoms with Crippen LogP contribution in [0.1, 0.15) is 37.7 Å². The van der Waals surface area contributed by atoms with Crippen LogP contribution in [0.3, 0.4) is 0 Å². The summed E-state index contributed by atoms with van der Waals surface area (Å²) in [6.07, 6.45) is 6.43. The molecule has 2 N–H and O–H groups in total. The molecule has 3 heteroatoms. The van der Waals surface area contributed by atoms with Gasteiger partial charge in [0, 0.05) is 18.2 Å². The number of hydrogen-bond acceptors (Lipinski definition) is 2. The molecule has 0 unspecified atom stereocenters. The van der Waals surface area contributed by atoms with Crippen molar-refractivity contribution < 1.29 is 4.79 Å². The van der Waals surface area contributed by atoms with E-state index < -0.39 is 0 Å². The molecule has 0 spiro atoms. The van der Waals surface area contributed by atoms with Crippen LogP contribution >= 0.6 is 0 Å². The van der Waals surface area contributed by atoms with Crippen LogP contribution in [0.15, 0.2) is 24.3 Å². The van der Waals surface area contributed by atoms with Crippen LogP contribution in [0.5, 0.6) is 0 Å². The number of hydrogen-bond donors (Lipinski definition) is 1. The summed E-state index contributed by atoms with van der Waals surface area (Å²) >= 11 is 0. The van der Waals surface area contributed by atoms with Gasteiger partial charge >= 0.3 is 0 Å². The van der Waals surface area contributed by atoms with E-state index in [0.717, 1.165) is 57.3 Å². The molecule has 1 aliphatic carbocycles. The standard InChI is InChI=1S/C17H24N2O/c18-12-13-7-9-15(10-8-13)17(20)19-11-3-5-14-4-1-2-6-16(14)19/h1-2,4,6,13,15H,3,5,7-12,18H2. The van der Waals surface area contributed by atoms with E-state index in [4.69, 9.17) is 5.73 Å². The summed E-state index contributed by atoms with van der Waals surface area (Å²) in [6, 6.07) is 8.35. The van der Waals surface area contributed by atoms with Gasteiger partial charge in [-0.2, -0.15) is 0 Å². The van der Waals surface area contributed by atoms with Crippen molar-refractivity contribution in [3.8, 4) is 0 Å². The van der Waals surface area contributed by atoms with Gasteiger partial charge in [0.15, 0.2) is 0 Å². The van der Waals surface area contributed by atoms with Gasteiger partial charge in [0.2, 0.25) is 5.91 Å². The predicted octanol–water partition coefficient (Wildman–Crippen LogP) is 2.73. The minimum absolute atomic E-state index is 0.212.